The Balaban J connectivity index is 1.67. The van der Waals surface area contributed by atoms with Gasteiger partial charge in [0.25, 0.3) is 5.91 Å². The summed E-state index contributed by atoms with van der Waals surface area (Å²) in [6.07, 6.45) is 3.90. The molecule has 1 amide bonds. The molecule has 0 spiro atoms. The molecule has 1 aliphatic rings. The Morgan fingerprint density at radius 2 is 2.12 bits per heavy atom. The van der Waals surface area contributed by atoms with E-state index in [9.17, 15) is 9.59 Å². The third kappa shape index (κ3) is 6.94. The van der Waals surface area contributed by atoms with Gasteiger partial charge in [-0.15, -0.1) is 0 Å². The monoisotopic (exact) mass is 381 g/mol. The average molecular weight is 382 g/mol. The molecule has 0 aromatic heterocycles. The predicted octanol–water partition coefficient (Wildman–Crippen LogP) is 4.89. The molecule has 1 heterocycles. The molecule has 138 valence electrons. The van der Waals surface area contributed by atoms with Crippen LogP contribution in [0.1, 0.15) is 50.2 Å². The quantitative estimate of drug-likeness (QED) is 0.395. The third-order valence-corrected chi connectivity index (χ3v) is 7.21. The maximum absolute atomic E-state index is 12.2. The maximum atomic E-state index is 12.2. The zero-order chi connectivity index (χ0) is 18.2. The van der Waals surface area contributed by atoms with Crippen molar-refractivity contribution in [3.8, 4) is 0 Å². The van der Waals surface area contributed by atoms with E-state index in [4.69, 9.17) is 4.74 Å². The van der Waals surface area contributed by atoms with Gasteiger partial charge in [0.05, 0.1) is 0 Å². The van der Waals surface area contributed by atoms with Crippen LogP contribution in [-0.4, -0.2) is 29.0 Å². The van der Waals surface area contributed by atoms with Crippen LogP contribution < -0.4 is 5.32 Å². The van der Waals surface area contributed by atoms with E-state index < -0.39 is 6.10 Å². The fourth-order valence-electron chi connectivity index (χ4n) is 2.70. The SMILES string of the molecule is Cc1ccc(NC(=O)[C@@H](C)OC(=O)CCCC[C@H]2CCSS2)c(C)c1. The Morgan fingerprint density at radius 3 is 2.80 bits per heavy atom. The highest BCUT2D eigenvalue weighted by atomic mass is 33.1. The van der Waals surface area contributed by atoms with Crippen molar-refractivity contribution in [2.24, 2.45) is 0 Å². The number of amides is 1. The number of anilines is 1. The minimum atomic E-state index is -0.782. The van der Waals surface area contributed by atoms with E-state index in [2.05, 4.69) is 5.32 Å². The summed E-state index contributed by atoms with van der Waals surface area (Å²) in [7, 11) is 3.91. The summed E-state index contributed by atoms with van der Waals surface area (Å²) >= 11 is 0. The topological polar surface area (TPSA) is 55.4 Å². The fraction of sp³-hybridized carbons (Fsp3) is 0.579. The van der Waals surface area contributed by atoms with Crippen LogP contribution in [-0.2, 0) is 14.3 Å². The molecule has 4 nitrogen and oxygen atoms in total. The summed E-state index contributed by atoms with van der Waals surface area (Å²) in [6, 6.07) is 5.82. The first kappa shape index (κ1) is 20.2. The van der Waals surface area contributed by atoms with Crippen molar-refractivity contribution in [1.29, 1.82) is 0 Å². The van der Waals surface area contributed by atoms with Crippen LogP contribution in [0.25, 0.3) is 0 Å². The Morgan fingerprint density at radius 1 is 1.32 bits per heavy atom. The first-order chi connectivity index (χ1) is 12.0. The van der Waals surface area contributed by atoms with Gasteiger partial charge in [-0.2, -0.15) is 0 Å². The first-order valence-electron chi connectivity index (χ1n) is 8.81. The van der Waals surface area contributed by atoms with Crippen LogP contribution in [0.5, 0.6) is 0 Å². The maximum Gasteiger partial charge on any atom is 0.306 e. The van der Waals surface area contributed by atoms with Crippen LogP contribution in [0, 0.1) is 13.8 Å². The van der Waals surface area contributed by atoms with E-state index in [-0.39, 0.29) is 11.9 Å². The minimum absolute atomic E-state index is 0.292. The number of unbranched alkanes of at least 4 members (excludes halogenated alkanes) is 1. The lowest BCUT2D eigenvalue weighted by atomic mass is 10.1. The number of hydrogen-bond acceptors (Lipinski definition) is 5. The molecule has 25 heavy (non-hydrogen) atoms. The number of rotatable bonds is 8. The highest BCUT2D eigenvalue weighted by molar-refractivity contribution is 8.77. The lowest BCUT2D eigenvalue weighted by molar-refractivity contribution is -0.153. The summed E-state index contributed by atoms with van der Waals surface area (Å²) in [5.74, 6) is 0.654. The largest absolute Gasteiger partial charge is 0.453 e. The number of nitrogens with one attached hydrogen (secondary N) is 1. The standard InChI is InChI=1S/C19H27NO3S2/c1-13-8-9-17(14(2)12-13)20-19(22)15(3)23-18(21)7-5-4-6-16-10-11-24-25-16/h8-9,12,15-16H,4-7,10-11H2,1-3H3,(H,20,22)/t15-,16+/m1/s1. The van der Waals surface area contributed by atoms with Crippen molar-refractivity contribution in [2.45, 2.75) is 64.2 Å². The molecule has 1 aromatic rings. The second-order valence-electron chi connectivity index (χ2n) is 6.51. The Bertz CT molecular complexity index is 600. The molecule has 1 aliphatic heterocycles. The molecule has 1 fully saturated rings. The minimum Gasteiger partial charge on any atom is -0.453 e. The molecule has 1 aromatic carbocycles. The van der Waals surface area contributed by atoms with E-state index in [0.717, 1.165) is 41.3 Å². The van der Waals surface area contributed by atoms with Gasteiger partial charge in [-0.3, -0.25) is 9.59 Å². The van der Waals surface area contributed by atoms with Gasteiger partial charge in [-0.25, -0.2) is 0 Å². The lowest BCUT2D eigenvalue weighted by Crippen LogP contribution is -2.30. The summed E-state index contributed by atoms with van der Waals surface area (Å²) in [5.41, 5.74) is 2.89. The number of carbonyl (C=O) groups excluding carboxylic acids is 2. The lowest BCUT2D eigenvalue weighted by Gasteiger charge is -2.15. The summed E-state index contributed by atoms with van der Waals surface area (Å²) in [5, 5.41) is 3.56. The van der Waals surface area contributed by atoms with Crippen molar-refractivity contribution >= 4 is 39.2 Å². The molecule has 1 N–H and O–H groups in total. The highest BCUT2D eigenvalue weighted by Gasteiger charge is 2.19. The van der Waals surface area contributed by atoms with E-state index in [0.29, 0.717) is 6.42 Å². The van der Waals surface area contributed by atoms with Crippen molar-refractivity contribution < 1.29 is 14.3 Å². The zero-order valence-corrected chi connectivity index (χ0v) is 16.8. The van der Waals surface area contributed by atoms with E-state index in [1.54, 1.807) is 6.92 Å². The molecule has 0 bridgehead atoms. The Labute approximate surface area is 158 Å². The van der Waals surface area contributed by atoms with Crippen LogP contribution in [0.15, 0.2) is 18.2 Å². The van der Waals surface area contributed by atoms with Gasteiger partial charge in [0.2, 0.25) is 0 Å². The normalized spacial score (nSPS) is 18.0. The van der Waals surface area contributed by atoms with Gasteiger partial charge in [-0.05, 0) is 51.7 Å². The second-order valence-corrected chi connectivity index (χ2v) is 9.30. The van der Waals surface area contributed by atoms with Crippen LogP contribution >= 0.6 is 21.6 Å². The van der Waals surface area contributed by atoms with Crippen molar-refractivity contribution in [3.63, 3.8) is 0 Å². The molecule has 0 unspecified atom stereocenters. The molecule has 0 saturated carbocycles. The number of hydrogen-bond donors (Lipinski definition) is 1. The smallest absolute Gasteiger partial charge is 0.306 e. The number of ether oxygens (including phenoxy) is 1. The van der Waals surface area contributed by atoms with Crippen molar-refractivity contribution in [3.05, 3.63) is 29.3 Å². The molecule has 2 rings (SSSR count). The second kappa shape index (κ2) is 10.1. The Hall–Kier alpha value is -1.14. The zero-order valence-electron chi connectivity index (χ0n) is 15.2. The molecule has 0 radical (unpaired) electrons. The van der Waals surface area contributed by atoms with Crippen molar-refractivity contribution in [1.82, 2.24) is 0 Å². The van der Waals surface area contributed by atoms with E-state index in [1.807, 2.05) is 53.6 Å². The van der Waals surface area contributed by atoms with Gasteiger partial charge in [0, 0.05) is 23.1 Å². The average Bonchev–Trinajstić information content (AvgIpc) is 3.07. The summed E-state index contributed by atoms with van der Waals surface area (Å²) < 4.78 is 5.26. The summed E-state index contributed by atoms with van der Waals surface area (Å²) in [4.78, 5) is 24.1. The van der Waals surface area contributed by atoms with Gasteiger partial charge in [0.1, 0.15) is 0 Å². The predicted molar refractivity (Wildman–Crippen MR) is 107 cm³/mol. The molecule has 6 heteroatoms. The van der Waals surface area contributed by atoms with Crippen molar-refractivity contribution in [2.75, 3.05) is 11.1 Å². The molecular weight excluding hydrogens is 354 g/mol. The molecular formula is C19H27NO3S2. The van der Waals surface area contributed by atoms with Gasteiger partial charge in [0.15, 0.2) is 6.10 Å². The number of benzene rings is 1. The van der Waals surface area contributed by atoms with Gasteiger partial charge < -0.3 is 10.1 Å². The number of carbonyl (C=O) groups is 2. The molecule has 2 atom stereocenters. The van der Waals surface area contributed by atoms with E-state index >= 15 is 0 Å². The highest BCUT2D eigenvalue weighted by Crippen LogP contribution is 2.39. The third-order valence-electron chi connectivity index (χ3n) is 4.20. The molecule has 0 aliphatic carbocycles. The number of aryl methyl sites for hydroxylation is 2. The fourth-order valence-corrected chi connectivity index (χ4v) is 5.73. The molecule has 1 saturated heterocycles. The van der Waals surface area contributed by atoms with Gasteiger partial charge >= 0.3 is 5.97 Å². The first-order valence-corrected chi connectivity index (χ1v) is 11.2. The van der Waals surface area contributed by atoms with Gasteiger partial charge in [-0.1, -0.05) is 45.7 Å². The Kier molecular flexibility index (Phi) is 8.16. The summed E-state index contributed by atoms with van der Waals surface area (Å²) in [6.45, 7) is 5.57. The van der Waals surface area contributed by atoms with E-state index in [1.165, 1.54) is 12.2 Å². The van der Waals surface area contributed by atoms with Crippen LogP contribution in [0.2, 0.25) is 0 Å². The van der Waals surface area contributed by atoms with Crippen LogP contribution in [0.3, 0.4) is 0 Å². The number of esters is 1. The van der Waals surface area contributed by atoms with Crippen LogP contribution in [0.4, 0.5) is 5.69 Å².